The molecule has 0 unspecified atom stereocenters. The van der Waals surface area contributed by atoms with Gasteiger partial charge in [-0.1, -0.05) is 24.3 Å². The molecule has 2 aromatic carbocycles. The summed E-state index contributed by atoms with van der Waals surface area (Å²) in [6.45, 7) is 1.12. The van der Waals surface area contributed by atoms with E-state index < -0.39 is 0 Å². The average Bonchev–Trinajstić information content (AvgIpc) is 2.79. The number of hydrogen-bond donors (Lipinski definition) is 2. The summed E-state index contributed by atoms with van der Waals surface area (Å²) in [7, 11) is 3.23. The summed E-state index contributed by atoms with van der Waals surface area (Å²) in [4.78, 5) is 23.7. The molecule has 0 atom stereocenters. The maximum Gasteiger partial charge on any atom is 0.243 e. The van der Waals surface area contributed by atoms with E-state index in [1.165, 1.54) is 12.2 Å². The van der Waals surface area contributed by atoms with Gasteiger partial charge in [0.15, 0.2) is 0 Å². The van der Waals surface area contributed by atoms with Crippen LogP contribution in [0.15, 0.2) is 60.7 Å². The van der Waals surface area contributed by atoms with Gasteiger partial charge in [-0.25, -0.2) is 0 Å². The number of carbonyl (C=O) groups is 2. The Labute approximate surface area is 177 Å². The van der Waals surface area contributed by atoms with Crippen molar-refractivity contribution < 1.29 is 19.1 Å². The van der Waals surface area contributed by atoms with Crippen molar-refractivity contribution in [2.75, 3.05) is 27.3 Å². The lowest BCUT2D eigenvalue weighted by molar-refractivity contribution is -0.117. The Morgan fingerprint density at radius 1 is 0.700 bits per heavy atom. The average molecular weight is 408 g/mol. The molecule has 0 fully saturated rings. The third-order valence-corrected chi connectivity index (χ3v) is 4.29. The SMILES string of the molecule is COc1ccc(/C=C\C(=O)NCCCCNC(=O)/C=C\c2ccc(OC)cc2)cc1. The summed E-state index contributed by atoms with van der Waals surface area (Å²) >= 11 is 0. The van der Waals surface area contributed by atoms with Crippen molar-refractivity contribution in [3.63, 3.8) is 0 Å². The van der Waals surface area contributed by atoms with E-state index in [0.29, 0.717) is 13.1 Å². The zero-order valence-electron chi connectivity index (χ0n) is 17.4. The molecule has 6 heteroatoms. The molecule has 6 nitrogen and oxygen atoms in total. The number of benzene rings is 2. The molecule has 0 aliphatic rings. The first-order valence-electron chi connectivity index (χ1n) is 9.80. The van der Waals surface area contributed by atoms with Crippen LogP contribution in [0.1, 0.15) is 24.0 Å². The molecule has 0 aliphatic heterocycles. The smallest absolute Gasteiger partial charge is 0.243 e. The van der Waals surface area contributed by atoms with E-state index in [0.717, 1.165) is 35.5 Å². The molecular weight excluding hydrogens is 380 g/mol. The van der Waals surface area contributed by atoms with Crippen molar-refractivity contribution in [2.24, 2.45) is 0 Å². The molecule has 0 aliphatic carbocycles. The predicted octanol–water partition coefficient (Wildman–Crippen LogP) is 3.44. The molecule has 2 amide bonds. The molecule has 0 bridgehead atoms. The van der Waals surface area contributed by atoms with Crippen LogP contribution in [-0.2, 0) is 9.59 Å². The highest BCUT2D eigenvalue weighted by molar-refractivity contribution is 5.92. The Morgan fingerprint density at radius 3 is 1.40 bits per heavy atom. The fourth-order valence-electron chi connectivity index (χ4n) is 2.56. The number of hydrogen-bond acceptors (Lipinski definition) is 4. The minimum Gasteiger partial charge on any atom is -0.497 e. The second-order valence-corrected chi connectivity index (χ2v) is 6.50. The third kappa shape index (κ3) is 8.65. The highest BCUT2D eigenvalue weighted by atomic mass is 16.5. The van der Waals surface area contributed by atoms with Gasteiger partial charge in [0.25, 0.3) is 0 Å². The van der Waals surface area contributed by atoms with Crippen molar-refractivity contribution in [3.05, 3.63) is 71.8 Å². The van der Waals surface area contributed by atoms with Crippen molar-refractivity contribution in [3.8, 4) is 11.5 Å². The summed E-state index contributed by atoms with van der Waals surface area (Å²) in [6, 6.07) is 14.9. The summed E-state index contributed by atoms with van der Waals surface area (Å²) in [5.74, 6) is 1.27. The highest BCUT2D eigenvalue weighted by Gasteiger charge is 1.98. The largest absolute Gasteiger partial charge is 0.497 e. The number of ether oxygens (including phenoxy) is 2. The number of unbranched alkanes of at least 4 members (excludes halogenated alkanes) is 1. The Bertz CT molecular complexity index is 782. The summed E-state index contributed by atoms with van der Waals surface area (Å²) < 4.78 is 10.2. The van der Waals surface area contributed by atoms with Gasteiger partial charge in [0, 0.05) is 25.2 Å². The van der Waals surface area contributed by atoms with Crippen LogP contribution in [0.2, 0.25) is 0 Å². The second-order valence-electron chi connectivity index (χ2n) is 6.50. The molecule has 0 radical (unpaired) electrons. The van der Waals surface area contributed by atoms with Crippen LogP contribution in [0.5, 0.6) is 11.5 Å². The van der Waals surface area contributed by atoms with E-state index in [1.807, 2.05) is 48.5 Å². The van der Waals surface area contributed by atoms with E-state index in [9.17, 15) is 9.59 Å². The van der Waals surface area contributed by atoms with Gasteiger partial charge in [-0.2, -0.15) is 0 Å². The molecule has 2 aromatic rings. The van der Waals surface area contributed by atoms with Gasteiger partial charge in [0.1, 0.15) is 11.5 Å². The maximum absolute atomic E-state index is 11.8. The van der Waals surface area contributed by atoms with Gasteiger partial charge in [-0.3, -0.25) is 9.59 Å². The Kier molecular flexibility index (Phi) is 9.73. The highest BCUT2D eigenvalue weighted by Crippen LogP contribution is 2.13. The Morgan fingerprint density at radius 2 is 1.07 bits per heavy atom. The number of amides is 2. The van der Waals surface area contributed by atoms with Crippen LogP contribution in [0.4, 0.5) is 0 Å². The molecule has 2 rings (SSSR count). The van der Waals surface area contributed by atoms with Gasteiger partial charge >= 0.3 is 0 Å². The van der Waals surface area contributed by atoms with Crippen molar-refractivity contribution in [1.29, 1.82) is 0 Å². The van der Waals surface area contributed by atoms with Gasteiger partial charge in [0.2, 0.25) is 11.8 Å². The second kappa shape index (κ2) is 12.8. The van der Waals surface area contributed by atoms with Crippen molar-refractivity contribution in [2.45, 2.75) is 12.8 Å². The van der Waals surface area contributed by atoms with E-state index in [2.05, 4.69) is 10.6 Å². The van der Waals surface area contributed by atoms with Gasteiger partial charge in [-0.05, 0) is 60.4 Å². The molecule has 0 heterocycles. The van der Waals surface area contributed by atoms with E-state index >= 15 is 0 Å². The quantitative estimate of drug-likeness (QED) is 0.441. The molecule has 0 aromatic heterocycles. The molecule has 0 saturated carbocycles. The summed E-state index contributed by atoms with van der Waals surface area (Å²) in [5, 5.41) is 5.66. The molecule has 0 saturated heterocycles. The fourth-order valence-corrected chi connectivity index (χ4v) is 2.56. The number of carbonyl (C=O) groups excluding carboxylic acids is 2. The first-order valence-corrected chi connectivity index (χ1v) is 9.80. The van der Waals surface area contributed by atoms with Crippen LogP contribution in [0.25, 0.3) is 12.2 Å². The standard InChI is InChI=1S/C24H28N2O4/c1-29-21-11-5-19(6-12-21)9-15-23(27)25-17-3-4-18-26-24(28)16-10-20-7-13-22(30-2)14-8-20/h5-16H,3-4,17-18H2,1-2H3,(H,25,27)(H,26,28)/b15-9-,16-10-. The van der Waals surface area contributed by atoms with Crippen LogP contribution in [-0.4, -0.2) is 39.1 Å². The number of rotatable bonds is 11. The lowest BCUT2D eigenvalue weighted by atomic mass is 10.2. The van der Waals surface area contributed by atoms with Crippen molar-refractivity contribution in [1.82, 2.24) is 10.6 Å². The topological polar surface area (TPSA) is 76.7 Å². The monoisotopic (exact) mass is 408 g/mol. The molecule has 2 N–H and O–H groups in total. The van der Waals surface area contributed by atoms with Gasteiger partial charge in [0.05, 0.1) is 14.2 Å². The van der Waals surface area contributed by atoms with E-state index in [4.69, 9.17) is 9.47 Å². The third-order valence-electron chi connectivity index (χ3n) is 4.29. The molecule has 30 heavy (non-hydrogen) atoms. The van der Waals surface area contributed by atoms with E-state index in [-0.39, 0.29) is 11.8 Å². The summed E-state index contributed by atoms with van der Waals surface area (Å²) in [6.07, 6.45) is 8.09. The molecule has 0 spiro atoms. The normalized spacial score (nSPS) is 10.9. The van der Waals surface area contributed by atoms with Gasteiger partial charge in [-0.15, -0.1) is 0 Å². The zero-order valence-corrected chi connectivity index (χ0v) is 17.4. The van der Waals surface area contributed by atoms with E-state index in [1.54, 1.807) is 26.4 Å². The number of methoxy groups -OCH3 is 2. The number of nitrogens with one attached hydrogen (secondary N) is 2. The molecular formula is C24H28N2O4. The van der Waals surface area contributed by atoms with Crippen LogP contribution in [0, 0.1) is 0 Å². The first-order chi connectivity index (χ1) is 14.6. The minimum absolute atomic E-state index is 0.141. The lowest BCUT2D eigenvalue weighted by Gasteiger charge is -2.04. The first kappa shape index (κ1) is 22.7. The van der Waals surface area contributed by atoms with Crippen LogP contribution in [0.3, 0.4) is 0 Å². The predicted molar refractivity (Wildman–Crippen MR) is 119 cm³/mol. The summed E-state index contributed by atoms with van der Waals surface area (Å²) in [5.41, 5.74) is 1.85. The van der Waals surface area contributed by atoms with Crippen LogP contribution < -0.4 is 20.1 Å². The van der Waals surface area contributed by atoms with Crippen molar-refractivity contribution >= 4 is 24.0 Å². The van der Waals surface area contributed by atoms with Crippen LogP contribution >= 0.6 is 0 Å². The Hall–Kier alpha value is -3.54. The minimum atomic E-state index is -0.141. The lowest BCUT2D eigenvalue weighted by Crippen LogP contribution is -2.25. The maximum atomic E-state index is 11.8. The zero-order chi connectivity index (χ0) is 21.6. The fraction of sp³-hybridized carbons (Fsp3) is 0.250. The molecule has 158 valence electrons. The van der Waals surface area contributed by atoms with Gasteiger partial charge < -0.3 is 20.1 Å². The Balaban J connectivity index is 1.57.